The summed E-state index contributed by atoms with van der Waals surface area (Å²) in [7, 11) is 0. The number of hydrogen-bond acceptors (Lipinski definition) is 4. The predicted molar refractivity (Wildman–Crippen MR) is 66.0 cm³/mol. The summed E-state index contributed by atoms with van der Waals surface area (Å²) in [6, 6.07) is 6.67. The fourth-order valence-electron chi connectivity index (χ4n) is 2.23. The van der Waals surface area contributed by atoms with Crippen LogP contribution in [0.25, 0.3) is 0 Å². The molecule has 18 heavy (non-hydrogen) atoms. The van der Waals surface area contributed by atoms with Crippen LogP contribution in [-0.2, 0) is 9.45 Å². The van der Waals surface area contributed by atoms with Gasteiger partial charge >= 0.3 is 12.7 Å². The maximum atomic E-state index is 10.9. The van der Waals surface area contributed by atoms with Crippen molar-refractivity contribution in [2.75, 3.05) is 0 Å². The number of fused-ring (bicyclic) bond motifs is 1. The van der Waals surface area contributed by atoms with Gasteiger partial charge in [0.25, 0.3) is 0 Å². The van der Waals surface area contributed by atoms with Gasteiger partial charge in [0.2, 0.25) is 0 Å². The Hall–Kier alpha value is -1.63. The minimum atomic E-state index is -3.06. The van der Waals surface area contributed by atoms with Crippen LogP contribution in [-0.4, -0.2) is 27.9 Å². The molecule has 1 aromatic rings. The Kier molecular flexibility index (Phi) is 3.02. The van der Waals surface area contributed by atoms with E-state index in [1.807, 2.05) is 0 Å². The fourth-order valence-corrected chi connectivity index (χ4v) is 2.23. The molecule has 6 heteroatoms. The van der Waals surface area contributed by atoms with Crippen LogP contribution in [0.5, 0.6) is 0 Å². The van der Waals surface area contributed by atoms with Crippen LogP contribution in [0.4, 0.5) is 0 Å². The Morgan fingerprint density at radius 2 is 2.06 bits per heavy atom. The van der Waals surface area contributed by atoms with Gasteiger partial charge in [0, 0.05) is 17.6 Å². The molecule has 0 radical (unpaired) electrons. The Morgan fingerprint density at radius 3 is 2.67 bits per heavy atom. The molecule has 1 aliphatic rings. The zero-order valence-corrected chi connectivity index (χ0v) is 9.91. The highest BCUT2D eigenvalue weighted by Gasteiger charge is 2.40. The van der Waals surface area contributed by atoms with Crippen LogP contribution < -0.4 is 5.46 Å². The van der Waals surface area contributed by atoms with E-state index in [1.165, 1.54) is 0 Å². The van der Waals surface area contributed by atoms with Crippen LogP contribution in [0.1, 0.15) is 18.6 Å². The quantitative estimate of drug-likeness (QED) is 0.525. The van der Waals surface area contributed by atoms with Crippen molar-refractivity contribution in [3.05, 3.63) is 42.0 Å². The average Bonchev–Trinajstić information content (AvgIpc) is 2.60. The summed E-state index contributed by atoms with van der Waals surface area (Å²) in [6.07, 6.45) is -0.709. The zero-order chi connectivity index (χ0) is 13.5. The van der Waals surface area contributed by atoms with Gasteiger partial charge in [-0.05, 0) is 0 Å². The summed E-state index contributed by atoms with van der Waals surface area (Å²) in [6.45, 7) is 2.05. The first-order valence-corrected chi connectivity index (χ1v) is 5.62. The van der Waals surface area contributed by atoms with E-state index in [1.54, 1.807) is 31.2 Å². The van der Waals surface area contributed by atoms with Gasteiger partial charge in [-0.15, -0.1) is 5.46 Å². The third-order valence-corrected chi connectivity index (χ3v) is 3.32. The second-order valence-corrected chi connectivity index (χ2v) is 4.51. The van der Waals surface area contributed by atoms with Gasteiger partial charge in [-0.3, -0.25) is 0 Å². The monoisotopic (exact) mass is 249 g/mol. The number of carboxylic acid groups (broad SMARTS) is 1. The number of carbonyl (C=O) groups is 1. The van der Waals surface area contributed by atoms with Crippen molar-refractivity contribution >= 4 is 18.2 Å². The summed E-state index contributed by atoms with van der Waals surface area (Å²) in [5.74, 6) is -1.67. The summed E-state index contributed by atoms with van der Waals surface area (Å²) < 4.78 is 5.20. The van der Waals surface area contributed by atoms with Gasteiger partial charge in [0.05, 0.1) is 0 Å². The van der Waals surface area contributed by atoms with E-state index in [0.29, 0.717) is 11.0 Å². The maximum Gasteiger partial charge on any atom is 0.405 e. The molecule has 0 saturated heterocycles. The van der Waals surface area contributed by atoms with Crippen LogP contribution >= 0.6 is 0 Å². The lowest BCUT2D eigenvalue weighted by atomic mass is 9.70. The maximum absolute atomic E-state index is 10.9. The third-order valence-electron chi connectivity index (χ3n) is 3.32. The van der Waals surface area contributed by atoms with E-state index in [4.69, 9.17) is 9.76 Å². The molecule has 5 nitrogen and oxygen atoms in total. The van der Waals surface area contributed by atoms with E-state index >= 15 is 0 Å². The number of benzene rings is 1. The van der Waals surface area contributed by atoms with E-state index in [0.717, 1.165) is 0 Å². The molecule has 0 aromatic heterocycles. The molecule has 2 atom stereocenters. The first-order valence-electron chi connectivity index (χ1n) is 5.62. The molecule has 96 valence electrons. The Morgan fingerprint density at radius 1 is 1.44 bits per heavy atom. The standard InChI is InChI=1S/C12H14BO5/c1-7(8(2)12(14)15)11-9-5-3-4-6-10(9)13(16,17)18-11/h3-7,11,16-17H,2H2,1H3,(H,14,15)/q-1/t7-,11-/m1/s1. The number of aliphatic carboxylic acids is 1. The van der Waals surface area contributed by atoms with E-state index < -0.39 is 24.7 Å². The Balaban J connectivity index is 2.39. The number of carboxylic acids is 1. The molecule has 0 fully saturated rings. The predicted octanol–water partition coefficient (Wildman–Crippen LogP) is 0.165. The first-order chi connectivity index (χ1) is 8.34. The first kappa shape index (κ1) is 12.8. The molecule has 1 heterocycles. The van der Waals surface area contributed by atoms with Gasteiger partial charge in [0.15, 0.2) is 0 Å². The van der Waals surface area contributed by atoms with Crippen LogP contribution in [0, 0.1) is 5.92 Å². The lowest BCUT2D eigenvalue weighted by Crippen LogP contribution is -2.47. The largest absolute Gasteiger partial charge is 0.556 e. The molecule has 0 saturated carbocycles. The number of rotatable bonds is 3. The smallest absolute Gasteiger partial charge is 0.405 e. The normalized spacial score (nSPS) is 22.3. The van der Waals surface area contributed by atoms with Gasteiger partial charge < -0.3 is 19.8 Å². The van der Waals surface area contributed by atoms with E-state index in [2.05, 4.69) is 6.58 Å². The molecule has 0 unspecified atom stereocenters. The van der Waals surface area contributed by atoms with Crippen molar-refractivity contribution in [3.8, 4) is 0 Å². The second-order valence-electron chi connectivity index (χ2n) is 4.51. The average molecular weight is 249 g/mol. The molecule has 2 rings (SSSR count). The van der Waals surface area contributed by atoms with Crippen molar-refractivity contribution < 1.29 is 24.6 Å². The van der Waals surface area contributed by atoms with Crippen LogP contribution in [0.15, 0.2) is 36.4 Å². The van der Waals surface area contributed by atoms with Gasteiger partial charge in [0.1, 0.15) is 0 Å². The lowest BCUT2D eigenvalue weighted by molar-refractivity contribution is -0.133. The molecule has 0 aliphatic carbocycles. The molecule has 1 aliphatic heterocycles. The summed E-state index contributed by atoms with van der Waals surface area (Å²) in [5, 5.41) is 28.5. The molecule has 1 aromatic carbocycles. The number of hydrogen-bond donors (Lipinski definition) is 3. The van der Waals surface area contributed by atoms with Crippen LogP contribution in [0.3, 0.4) is 0 Å². The fraction of sp³-hybridized carbons (Fsp3) is 0.250. The SMILES string of the molecule is C=C(C(=O)O)[C@@H](C)[C@H]1O[B-](O)(O)c2ccccc21. The minimum Gasteiger partial charge on any atom is -0.556 e. The molecular formula is C12H14BO5-. The Labute approximate surface area is 104 Å². The second kappa shape index (κ2) is 4.24. The van der Waals surface area contributed by atoms with Crippen LogP contribution in [0.2, 0.25) is 0 Å². The van der Waals surface area contributed by atoms with E-state index in [-0.39, 0.29) is 5.57 Å². The summed E-state index contributed by atoms with van der Waals surface area (Å²) >= 11 is 0. The summed E-state index contributed by atoms with van der Waals surface area (Å²) in [5.41, 5.74) is 0.869. The van der Waals surface area contributed by atoms with Gasteiger partial charge in [-0.25, -0.2) is 4.79 Å². The Bertz CT molecular complexity index is 511. The highest BCUT2D eigenvalue weighted by atomic mass is 16.6. The van der Waals surface area contributed by atoms with Crippen molar-refractivity contribution in [1.82, 2.24) is 0 Å². The molecule has 0 spiro atoms. The molecular weight excluding hydrogens is 235 g/mol. The molecule has 0 amide bonds. The highest BCUT2D eigenvalue weighted by molar-refractivity contribution is 6.74. The van der Waals surface area contributed by atoms with Crippen molar-refractivity contribution in [2.24, 2.45) is 5.92 Å². The van der Waals surface area contributed by atoms with Crippen molar-refractivity contribution in [3.63, 3.8) is 0 Å². The highest BCUT2D eigenvalue weighted by Crippen LogP contribution is 2.36. The van der Waals surface area contributed by atoms with Crippen molar-refractivity contribution in [1.29, 1.82) is 0 Å². The third kappa shape index (κ3) is 1.94. The minimum absolute atomic E-state index is 0.0247. The summed E-state index contributed by atoms with van der Waals surface area (Å²) in [4.78, 5) is 10.9. The molecule has 3 N–H and O–H groups in total. The lowest BCUT2D eigenvalue weighted by Gasteiger charge is -2.28. The zero-order valence-electron chi connectivity index (χ0n) is 9.91. The van der Waals surface area contributed by atoms with E-state index in [9.17, 15) is 14.8 Å². The molecule has 0 bridgehead atoms. The topological polar surface area (TPSA) is 87.0 Å². The van der Waals surface area contributed by atoms with Crippen molar-refractivity contribution in [2.45, 2.75) is 13.0 Å². The van der Waals surface area contributed by atoms with Gasteiger partial charge in [-0.2, -0.15) is 0 Å². The van der Waals surface area contributed by atoms with Gasteiger partial charge in [-0.1, -0.05) is 43.3 Å².